The SMILES string of the molecule is O=c1onc(-c2cnccn2)n1Cc1ccc(Cl)s1. The Kier molecular flexibility index (Phi) is 3.14. The van der Waals surface area contributed by atoms with Crippen LogP contribution in [0.2, 0.25) is 4.34 Å². The first kappa shape index (κ1) is 12.1. The van der Waals surface area contributed by atoms with Gasteiger partial charge in [0, 0.05) is 17.3 Å². The number of aromatic nitrogens is 4. The van der Waals surface area contributed by atoms with Crippen LogP contribution in [0.1, 0.15) is 4.88 Å². The minimum Gasteiger partial charge on any atom is -0.295 e. The molecule has 6 nitrogen and oxygen atoms in total. The first-order chi connectivity index (χ1) is 9.24. The molecule has 3 aromatic rings. The molecule has 96 valence electrons. The van der Waals surface area contributed by atoms with Crippen molar-refractivity contribution < 1.29 is 4.52 Å². The number of thiophene rings is 1. The summed E-state index contributed by atoms with van der Waals surface area (Å²) in [6.45, 7) is 0.339. The van der Waals surface area contributed by atoms with Crippen molar-refractivity contribution >= 4 is 22.9 Å². The standard InChI is InChI=1S/C11H7ClN4O2S/c12-9-2-1-7(19-9)6-16-10(15-18-11(16)17)8-5-13-3-4-14-8/h1-5H,6H2. The quantitative estimate of drug-likeness (QED) is 0.739. The lowest BCUT2D eigenvalue weighted by molar-refractivity contribution is 0.378. The smallest absolute Gasteiger partial charge is 0.295 e. The molecule has 0 bridgehead atoms. The Labute approximate surface area is 116 Å². The summed E-state index contributed by atoms with van der Waals surface area (Å²) in [4.78, 5) is 20.7. The molecule has 0 aliphatic carbocycles. The van der Waals surface area contributed by atoms with Crippen molar-refractivity contribution in [2.24, 2.45) is 0 Å². The van der Waals surface area contributed by atoms with Crippen LogP contribution < -0.4 is 5.76 Å². The van der Waals surface area contributed by atoms with Gasteiger partial charge in [0.2, 0.25) is 5.82 Å². The Balaban J connectivity index is 2.02. The van der Waals surface area contributed by atoms with Crippen LogP contribution >= 0.6 is 22.9 Å². The third-order valence-electron chi connectivity index (χ3n) is 2.42. The van der Waals surface area contributed by atoms with E-state index in [2.05, 4.69) is 15.1 Å². The van der Waals surface area contributed by atoms with Gasteiger partial charge in [-0.3, -0.25) is 9.51 Å². The topological polar surface area (TPSA) is 73.8 Å². The highest BCUT2D eigenvalue weighted by atomic mass is 35.5. The molecule has 0 radical (unpaired) electrons. The first-order valence-electron chi connectivity index (χ1n) is 5.31. The molecule has 3 heterocycles. The van der Waals surface area contributed by atoms with Crippen molar-refractivity contribution in [2.45, 2.75) is 6.54 Å². The van der Waals surface area contributed by atoms with Crippen molar-refractivity contribution in [3.8, 4) is 11.5 Å². The highest BCUT2D eigenvalue weighted by Crippen LogP contribution is 2.23. The Hall–Kier alpha value is -1.99. The van der Waals surface area contributed by atoms with Gasteiger partial charge < -0.3 is 0 Å². The van der Waals surface area contributed by atoms with Crippen LogP contribution in [0.5, 0.6) is 0 Å². The lowest BCUT2D eigenvalue weighted by Gasteiger charge is -2.01. The van der Waals surface area contributed by atoms with E-state index < -0.39 is 5.76 Å². The van der Waals surface area contributed by atoms with Gasteiger partial charge in [0.15, 0.2) is 0 Å². The first-order valence-corrected chi connectivity index (χ1v) is 6.50. The molecule has 19 heavy (non-hydrogen) atoms. The van der Waals surface area contributed by atoms with Crippen LogP contribution in [0.4, 0.5) is 0 Å². The minimum absolute atomic E-state index is 0.339. The second-order valence-electron chi connectivity index (χ2n) is 3.65. The van der Waals surface area contributed by atoms with E-state index in [1.54, 1.807) is 12.3 Å². The van der Waals surface area contributed by atoms with Gasteiger partial charge in [0.05, 0.1) is 17.1 Å². The lowest BCUT2D eigenvalue weighted by Crippen LogP contribution is -2.16. The molecule has 3 aromatic heterocycles. The summed E-state index contributed by atoms with van der Waals surface area (Å²) in [5, 5.41) is 3.73. The van der Waals surface area contributed by atoms with Gasteiger partial charge in [-0.2, -0.15) is 0 Å². The average Bonchev–Trinajstić information content (AvgIpc) is 2.99. The van der Waals surface area contributed by atoms with Crippen molar-refractivity contribution in [2.75, 3.05) is 0 Å². The van der Waals surface area contributed by atoms with Crippen LogP contribution in [0.25, 0.3) is 11.5 Å². The number of nitrogens with zero attached hydrogens (tertiary/aromatic N) is 4. The van der Waals surface area contributed by atoms with E-state index in [0.29, 0.717) is 22.4 Å². The highest BCUT2D eigenvalue weighted by Gasteiger charge is 2.15. The van der Waals surface area contributed by atoms with E-state index in [1.807, 2.05) is 6.07 Å². The molecular weight excluding hydrogens is 288 g/mol. The number of hydrogen-bond acceptors (Lipinski definition) is 6. The monoisotopic (exact) mass is 294 g/mol. The number of halogens is 1. The normalized spacial score (nSPS) is 10.8. The predicted octanol–water partition coefficient (Wildman–Crippen LogP) is 2.06. The molecule has 0 unspecified atom stereocenters. The maximum absolute atomic E-state index is 11.7. The Morgan fingerprint density at radius 3 is 2.95 bits per heavy atom. The maximum Gasteiger partial charge on any atom is 0.442 e. The summed E-state index contributed by atoms with van der Waals surface area (Å²) in [5.74, 6) is -0.187. The zero-order chi connectivity index (χ0) is 13.2. The van der Waals surface area contributed by atoms with Gasteiger partial charge in [0.1, 0.15) is 5.69 Å². The largest absolute Gasteiger partial charge is 0.442 e. The summed E-state index contributed by atoms with van der Waals surface area (Å²) in [6, 6.07) is 3.63. The molecule has 0 aliphatic rings. The van der Waals surface area contributed by atoms with Crippen molar-refractivity contribution in [1.82, 2.24) is 19.7 Å². The zero-order valence-electron chi connectivity index (χ0n) is 9.49. The summed E-state index contributed by atoms with van der Waals surface area (Å²) >= 11 is 7.27. The summed E-state index contributed by atoms with van der Waals surface area (Å²) in [6.07, 6.45) is 4.60. The lowest BCUT2D eigenvalue weighted by atomic mass is 10.4. The van der Waals surface area contributed by atoms with E-state index in [-0.39, 0.29) is 0 Å². The van der Waals surface area contributed by atoms with Crippen LogP contribution in [0.3, 0.4) is 0 Å². The fourth-order valence-electron chi connectivity index (χ4n) is 1.60. The number of hydrogen-bond donors (Lipinski definition) is 0. The molecule has 0 aliphatic heterocycles. The summed E-state index contributed by atoms with van der Waals surface area (Å²) in [7, 11) is 0. The van der Waals surface area contributed by atoms with Crippen molar-refractivity contribution in [1.29, 1.82) is 0 Å². The Bertz CT molecular complexity index is 749. The third-order valence-corrected chi connectivity index (χ3v) is 3.64. The average molecular weight is 295 g/mol. The molecule has 0 amide bonds. The van der Waals surface area contributed by atoms with Crippen LogP contribution in [0.15, 0.2) is 40.0 Å². The third kappa shape index (κ3) is 2.42. The van der Waals surface area contributed by atoms with Gasteiger partial charge in [0.25, 0.3) is 0 Å². The van der Waals surface area contributed by atoms with Crippen LogP contribution in [-0.2, 0) is 6.54 Å². The van der Waals surface area contributed by atoms with Crippen molar-refractivity contribution in [3.05, 3.63) is 50.5 Å². The molecule has 0 aromatic carbocycles. The molecule has 0 fully saturated rings. The highest BCUT2D eigenvalue weighted by molar-refractivity contribution is 7.16. The Morgan fingerprint density at radius 2 is 2.26 bits per heavy atom. The molecule has 0 saturated heterocycles. The molecule has 0 N–H and O–H groups in total. The van der Waals surface area contributed by atoms with E-state index >= 15 is 0 Å². The van der Waals surface area contributed by atoms with Gasteiger partial charge in [-0.05, 0) is 12.1 Å². The molecule has 0 spiro atoms. The molecule has 3 rings (SSSR count). The van der Waals surface area contributed by atoms with Gasteiger partial charge >= 0.3 is 5.76 Å². The predicted molar refractivity (Wildman–Crippen MR) is 70.2 cm³/mol. The van der Waals surface area contributed by atoms with E-state index in [9.17, 15) is 4.79 Å². The van der Waals surface area contributed by atoms with Gasteiger partial charge in [-0.15, -0.1) is 11.3 Å². The van der Waals surface area contributed by atoms with E-state index in [4.69, 9.17) is 16.1 Å². The van der Waals surface area contributed by atoms with Gasteiger partial charge in [-0.25, -0.2) is 14.3 Å². The minimum atomic E-state index is -0.537. The van der Waals surface area contributed by atoms with E-state index in [0.717, 1.165) is 4.88 Å². The number of rotatable bonds is 3. The molecule has 0 saturated carbocycles. The second kappa shape index (κ2) is 4.94. The van der Waals surface area contributed by atoms with Gasteiger partial charge in [-0.1, -0.05) is 16.8 Å². The Morgan fingerprint density at radius 1 is 1.37 bits per heavy atom. The zero-order valence-corrected chi connectivity index (χ0v) is 11.1. The fourth-order valence-corrected chi connectivity index (χ4v) is 2.68. The van der Waals surface area contributed by atoms with Crippen LogP contribution in [-0.4, -0.2) is 19.7 Å². The van der Waals surface area contributed by atoms with E-state index in [1.165, 1.54) is 28.3 Å². The molecule has 8 heteroatoms. The molecular formula is C11H7ClN4O2S. The van der Waals surface area contributed by atoms with Crippen molar-refractivity contribution in [3.63, 3.8) is 0 Å². The second-order valence-corrected chi connectivity index (χ2v) is 5.45. The summed E-state index contributed by atoms with van der Waals surface area (Å²) in [5.41, 5.74) is 0.482. The van der Waals surface area contributed by atoms with Crippen LogP contribution in [0, 0.1) is 0 Å². The maximum atomic E-state index is 11.7. The summed E-state index contributed by atoms with van der Waals surface area (Å²) < 4.78 is 6.75. The fraction of sp³-hybridized carbons (Fsp3) is 0.0909. The molecule has 0 atom stereocenters.